The molecule has 4 heteroatoms. The molecule has 0 amide bonds. The van der Waals surface area contributed by atoms with Crippen LogP contribution >= 0.6 is 15.9 Å². The van der Waals surface area contributed by atoms with E-state index in [1.807, 2.05) is 6.07 Å². The summed E-state index contributed by atoms with van der Waals surface area (Å²) in [4.78, 5) is 2.29. The minimum Gasteiger partial charge on any atom is -0.363 e. The molecule has 2 nitrogen and oxygen atoms in total. The van der Waals surface area contributed by atoms with Crippen LogP contribution in [0.25, 0.3) is 0 Å². The van der Waals surface area contributed by atoms with Gasteiger partial charge in [-0.15, -0.1) is 0 Å². The number of hydrogen-bond acceptors (Lipinski definition) is 2. The first-order chi connectivity index (χ1) is 9.90. The summed E-state index contributed by atoms with van der Waals surface area (Å²) < 4.78 is 15.3. The van der Waals surface area contributed by atoms with Crippen LogP contribution < -0.4 is 10.2 Å². The molecule has 2 aliphatic rings. The summed E-state index contributed by atoms with van der Waals surface area (Å²) in [6.07, 6.45) is 2.59. The van der Waals surface area contributed by atoms with Crippen molar-refractivity contribution in [3.05, 3.63) is 28.5 Å². The van der Waals surface area contributed by atoms with Crippen molar-refractivity contribution in [3.8, 4) is 0 Å². The second-order valence-corrected chi connectivity index (χ2v) is 8.02. The second kappa shape index (κ2) is 5.54. The molecule has 2 unspecified atom stereocenters. The van der Waals surface area contributed by atoms with Crippen LogP contribution in [0.1, 0.15) is 33.6 Å². The Morgan fingerprint density at radius 1 is 1.38 bits per heavy atom. The highest BCUT2D eigenvalue weighted by atomic mass is 79.9. The molecule has 1 saturated heterocycles. The van der Waals surface area contributed by atoms with Crippen LogP contribution in [0.4, 0.5) is 10.1 Å². The fourth-order valence-electron chi connectivity index (χ4n) is 3.53. The Balaban J connectivity index is 1.95. The lowest BCUT2D eigenvalue weighted by Gasteiger charge is -2.49. The Morgan fingerprint density at radius 3 is 2.71 bits per heavy atom. The average molecular weight is 355 g/mol. The minimum absolute atomic E-state index is 0.111. The van der Waals surface area contributed by atoms with Crippen LogP contribution in [0.2, 0.25) is 0 Å². The summed E-state index contributed by atoms with van der Waals surface area (Å²) in [6.45, 7) is 8.54. The molecule has 3 rings (SSSR count). The van der Waals surface area contributed by atoms with Crippen LogP contribution in [0, 0.1) is 17.7 Å². The summed E-state index contributed by atoms with van der Waals surface area (Å²) >= 11 is 3.48. The van der Waals surface area contributed by atoms with Crippen LogP contribution in [0.15, 0.2) is 22.7 Å². The van der Waals surface area contributed by atoms with E-state index in [4.69, 9.17) is 0 Å². The van der Waals surface area contributed by atoms with Gasteiger partial charge in [0.25, 0.3) is 0 Å². The van der Waals surface area contributed by atoms with E-state index in [1.54, 1.807) is 12.1 Å². The molecule has 1 heterocycles. The zero-order chi connectivity index (χ0) is 15.2. The summed E-state index contributed by atoms with van der Waals surface area (Å²) in [5, 5.41) is 3.75. The van der Waals surface area contributed by atoms with Gasteiger partial charge in [-0.05, 0) is 49.8 Å². The van der Waals surface area contributed by atoms with E-state index in [9.17, 15) is 4.39 Å². The van der Waals surface area contributed by atoms with Crippen LogP contribution in [0.5, 0.6) is 0 Å². The lowest BCUT2D eigenvalue weighted by atomic mass is 9.87. The number of rotatable bonds is 3. The van der Waals surface area contributed by atoms with Gasteiger partial charge in [0, 0.05) is 29.1 Å². The molecule has 1 aliphatic heterocycles. The van der Waals surface area contributed by atoms with Crippen molar-refractivity contribution in [1.82, 2.24) is 5.32 Å². The summed E-state index contributed by atoms with van der Waals surface area (Å²) in [6, 6.07) is 5.59. The molecule has 0 spiro atoms. The molecule has 1 aromatic carbocycles. The topological polar surface area (TPSA) is 15.3 Å². The quantitative estimate of drug-likeness (QED) is 0.875. The molecule has 0 radical (unpaired) electrons. The molecule has 1 aromatic rings. The smallest absolute Gasteiger partial charge is 0.146 e. The highest BCUT2D eigenvalue weighted by Gasteiger charge is 2.46. The molecule has 0 bridgehead atoms. The van der Waals surface area contributed by atoms with Gasteiger partial charge in [-0.25, -0.2) is 4.39 Å². The Morgan fingerprint density at radius 2 is 2.10 bits per heavy atom. The SMILES string of the molecule is CC(C)C1CNC(C)(C2CC2)CN1c1cc(Br)ccc1F. The third kappa shape index (κ3) is 2.98. The summed E-state index contributed by atoms with van der Waals surface area (Å²) in [5.41, 5.74) is 0.844. The van der Waals surface area contributed by atoms with Crippen molar-refractivity contribution in [2.75, 3.05) is 18.0 Å². The van der Waals surface area contributed by atoms with Gasteiger partial charge in [0.15, 0.2) is 0 Å². The molecule has 1 saturated carbocycles. The van der Waals surface area contributed by atoms with Crippen LogP contribution in [-0.4, -0.2) is 24.7 Å². The van der Waals surface area contributed by atoms with E-state index >= 15 is 0 Å². The van der Waals surface area contributed by atoms with Crippen LogP contribution in [0.3, 0.4) is 0 Å². The molecular formula is C17H24BrFN2. The first-order valence-corrected chi connectivity index (χ1v) is 8.67. The van der Waals surface area contributed by atoms with Crippen LogP contribution in [-0.2, 0) is 0 Å². The Bertz CT molecular complexity index is 530. The molecule has 21 heavy (non-hydrogen) atoms. The molecule has 2 atom stereocenters. The Hall–Kier alpha value is -0.610. The number of halogens is 2. The van der Waals surface area contributed by atoms with Gasteiger partial charge >= 0.3 is 0 Å². The van der Waals surface area contributed by atoms with Crippen molar-refractivity contribution < 1.29 is 4.39 Å². The molecule has 2 fully saturated rings. The summed E-state index contributed by atoms with van der Waals surface area (Å²) in [7, 11) is 0. The molecule has 1 aliphatic carbocycles. The summed E-state index contributed by atoms with van der Waals surface area (Å²) in [5.74, 6) is 1.10. The van der Waals surface area contributed by atoms with Gasteiger partial charge in [0.1, 0.15) is 5.82 Å². The maximum atomic E-state index is 14.4. The fourth-order valence-corrected chi connectivity index (χ4v) is 3.88. The lowest BCUT2D eigenvalue weighted by molar-refractivity contribution is 0.232. The van der Waals surface area contributed by atoms with E-state index in [2.05, 4.69) is 46.9 Å². The van der Waals surface area contributed by atoms with E-state index in [0.29, 0.717) is 12.0 Å². The second-order valence-electron chi connectivity index (χ2n) is 7.11. The maximum absolute atomic E-state index is 14.4. The van der Waals surface area contributed by atoms with E-state index < -0.39 is 0 Å². The third-order valence-electron chi connectivity index (χ3n) is 5.08. The zero-order valence-corrected chi connectivity index (χ0v) is 14.6. The molecular weight excluding hydrogens is 331 g/mol. The van der Waals surface area contributed by atoms with Gasteiger partial charge in [-0.2, -0.15) is 0 Å². The van der Waals surface area contributed by atoms with Gasteiger partial charge in [0.05, 0.1) is 5.69 Å². The van der Waals surface area contributed by atoms with Gasteiger partial charge in [-0.1, -0.05) is 29.8 Å². The van der Waals surface area contributed by atoms with Gasteiger partial charge in [-0.3, -0.25) is 0 Å². The van der Waals surface area contributed by atoms with Gasteiger partial charge in [0.2, 0.25) is 0 Å². The highest BCUT2D eigenvalue weighted by molar-refractivity contribution is 9.10. The van der Waals surface area contributed by atoms with Crippen molar-refractivity contribution in [2.45, 2.75) is 45.2 Å². The maximum Gasteiger partial charge on any atom is 0.146 e. The van der Waals surface area contributed by atoms with Crippen molar-refractivity contribution in [3.63, 3.8) is 0 Å². The molecule has 1 N–H and O–H groups in total. The first kappa shape index (κ1) is 15.3. The molecule has 116 valence electrons. The van der Waals surface area contributed by atoms with Gasteiger partial charge < -0.3 is 10.2 Å². The highest BCUT2D eigenvalue weighted by Crippen LogP contribution is 2.43. The average Bonchev–Trinajstić information content (AvgIpc) is 3.26. The zero-order valence-electron chi connectivity index (χ0n) is 13.0. The van der Waals surface area contributed by atoms with E-state index in [-0.39, 0.29) is 11.4 Å². The van der Waals surface area contributed by atoms with Crippen molar-refractivity contribution >= 4 is 21.6 Å². The molecule has 0 aromatic heterocycles. The standard InChI is InChI=1S/C17H24BrFN2/c1-11(2)16-9-20-17(3,12-4-5-12)10-21(16)15-8-13(18)6-7-14(15)19/h6-8,11-12,16,20H,4-5,9-10H2,1-3H3. The number of piperazine rings is 1. The Kier molecular flexibility index (Phi) is 4.04. The lowest BCUT2D eigenvalue weighted by Crippen LogP contribution is -2.65. The van der Waals surface area contributed by atoms with Crippen molar-refractivity contribution in [2.24, 2.45) is 11.8 Å². The fraction of sp³-hybridized carbons (Fsp3) is 0.647. The monoisotopic (exact) mass is 354 g/mol. The normalized spacial score (nSPS) is 30.0. The number of anilines is 1. The number of nitrogens with zero attached hydrogens (tertiary/aromatic N) is 1. The number of benzene rings is 1. The number of nitrogens with one attached hydrogen (secondary N) is 1. The Labute approximate surface area is 135 Å². The predicted octanol–water partition coefficient (Wildman–Crippen LogP) is 4.19. The predicted molar refractivity (Wildman–Crippen MR) is 89.2 cm³/mol. The van der Waals surface area contributed by atoms with Crippen molar-refractivity contribution in [1.29, 1.82) is 0 Å². The largest absolute Gasteiger partial charge is 0.363 e. The van der Waals surface area contributed by atoms with E-state index in [0.717, 1.165) is 29.2 Å². The van der Waals surface area contributed by atoms with E-state index in [1.165, 1.54) is 12.8 Å². The first-order valence-electron chi connectivity index (χ1n) is 7.87. The third-order valence-corrected chi connectivity index (χ3v) is 5.57. The number of hydrogen-bond donors (Lipinski definition) is 1. The minimum atomic E-state index is -0.121.